The maximum absolute atomic E-state index is 11.9. The maximum atomic E-state index is 11.9. The van der Waals surface area contributed by atoms with Crippen molar-refractivity contribution in [1.29, 1.82) is 0 Å². The van der Waals surface area contributed by atoms with Crippen molar-refractivity contribution >= 4 is 17.5 Å². The highest BCUT2D eigenvalue weighted by molar-refractivity contribution is 7.15. The minimum atomic E-state index is -5.54. The van der Waals surface area contributed by atoms with Crippen LogP contribution < -0.4 is 0 Å². The van der Waals surface area contributed by atoms with E-state index in [1.54, 1.807) is 0 Å². The van der Waals surface area contributed by atoms with Crippen molar-refractivity contribution in [2.24, 2.45) is 0 Å². The second-order valence-electron chi connectivity index (χ2n) is 1.85. The molecule has 0 aliphatic carbocycles. The Morgan fingerprint density at radius 2 is 1.00 bits per heavy atom. The SMILES string of the molecule is O[C]1[Si](F)(F)[C](O)[Si]1(F)F. The van der Waals surface area contributed by atoms with Crippen LogP contribution in [0, 0.1) is 10.7 Å². The van der Waals surface area contributed by atoms with Crippen LogP contribution in [0.15, 0.2) is 0 Å². The predicted octanol–water partition coefficient (Wildman–Crippen LogP) is 0.728. The molecule has 10 heavy (non-hydrogen) atoms. The molecular formula is C2H2F4O2Si2. The fourth-order valence-electron chi connectivity index (χ4n) is 0.556. The van der Waals surface area contributed by atoms with Gasteiger partial charge < -0.3 is 10.2 Å². The van der Waals surface area contributed by atoms with E-state index in [4.69, 9.17) is 10.2 Å². The van der Waals surface area contributed by atoms with Gasteiger partial charge in [0.15, 0.2) is 0 Å². The molecule has 0 aromatic rings. The second kappa shape index (κ2) is 1.81. The van der Waals surface area contributed by atoms with Crippen molar-refractivity contribution in [1.82, 2.24) is 0 Å². The minimum absolute atomic E-state index is 2.02. The second-order valence-corrected chi connectivity index (χ2v) is 7.04. The number of hydrogen-bond acceptors (Lipinski definition) is 2. The molecule has 0 atom stereocenters. The molecule has 0 saturated carbocycles. The van der Waals surface area contributed by atoms with Crippen LogP contribution in [-0.4, -0.2) is 27.7 Å². The van der Waals surface area contributed by atoms with Crippen molar-refractivity contribution in [2.45, 2.75) is 0 Å². The van der Waals surface area contributed by atoms with E-state index >= 15 is 0 Å². The zero-order valence-corrected chi connectivity index (χ0v) is 6.41. The van der Waals surface area contributed by atoms with Crippen LogP contribution in [0.1, 0.15) is 0 Å². The molecule has 1 rings (SSSR count). The predicted molar refractivity (Wildman–Crippen MR) is 26.3 cm³/mol. The zero-order chi connectivity index (χ0) is 8.15. The lowest BCUT2D eigenvalue weighted by Crippen LogP contribution is -2.70. The van der Waals surface area contributed by atoms with E-state index < -0.39 is 28.2 Å². The van der Waals surface area contributed by atoms with Crippen molar-refractivity contribution in [3.8, 4) is 0 Å². The largest absolute Gasteiger partial charge is 0.496 e. The number of aliphatic hydroxyl groups is 2. The molecule has 1 aliphatic rings. The summed E-state index contributed by atoms with van der Waals surface area (Å²) in [6.07, 6.45) is 0. The topological polar surface area (TPSA) is 40.5 Å². The van der Waals surface area contributed by atoms with Gasteiger partial charge in [-0.2, -0.15) is 0 Å². The summed E-state index contributed by atoms with van der Waals surface area (Å²) in [6, 6.07) is 0. The number of halogens is 4. The van der Waals surface area contributed by atoms with Gasteiger partial charge in [-0.1, -0.05) is 0 Å². The first-order valence-electron chi connectivity index (χ1n) is 2.20. The van der Waals surface area contributed by atoms with E-state index in [0.29, 0.717) is 0 Å². The zero-order valence-electron chi connectivity index (χ0n) is 4.41. The average Bonchev–Trinajstić information content (AvgIpc) is 1.84. The molecule has 1 saturated heterocycles. The van der Waals surface area contributed by atoms with Crippen molar-refractivity contribution in [3.05, 3.63) is 10.7 Å². The third-order valence-electron chi connectivity index (χ3n) is 1.19. The Bertz CT molecular complexity index is 131. The summed E-state index contributed by atoms with van der Waals surface area (Å²) in [7, 11) is -11.1. The standard InChI is InChI=1S/C2H2F4O2Si2/c3-9(4)1(7)10(5,6)2(9)8/h7-8H. The highest BCUT2D eigenvalue weighted by atomic mass is 28.5. The number of aliphatic hydroxyl groups excluding tert-OH is 2. The Labute approximate surface area is 55.8 Å². The lowest BCUT2D eigenvalue weighted by atomic mass is 11.5. The fraction of sp³-hybridized carbons (Fsp3) is 0. The van der Waals surface area contributed by atoms with Crippen molar-refractivity contribution < 1.29 is 26.6 Å². The van der Waals surface area contributed by atoms with Crippen LogP contribution in [0.3, 0.4) is 0 Å². The number of rotatable bonds is 0. The van der Waals surface area contributed by atoms with Gasteiger partial charge in [0, 0.05) is 0 Å². The van der Waals surface area contributed by atoms with Crippen molar-refractivity contribution in [3.63, 3.8) is 0 Å². The summed E-state index contributed by atoms with van der Waals surface area (Å²) in [5.41, 5.74) is 0. The smallest absolute Gasteiger partial charge is 0.383 e. The van der Waals surface area contributed by atoms with Crippen molar-refractivity contribution in [2.75, 3.05) is 0 Å². The van der Waals surface area contributed by atoms with Gasteiger partial charge in [-0.15, -0.1) is 0 Å². The third-order valence-corrected chi connectivity index (χ3v) is 7.34. The van der Waals surface area contributed by atoms with Crippen LogP contribution >= 0.6 is 0 Å². The van der Waals surface area contributed by atoms with Gasteiger partial charge >= 0.3 is 17.5 Å². The fourth-order valence-corrected chi connectivity index (χ4v) is 4.71. The molecule has 0 amide bonds. The lowest BCUT2D eigenvalue weighted by molar-refractivity contribution is 0.249. The average molecular weight is 190 g/mol. The Morgan fingerprint density at radius 3 is 1.10 bits per heavy atom. The van der Waals surface area contributed by atoms with Crippen LogP contribution in [0.5, 0.6) is 0 Å². The normalized spacial score (nSPS) is 31.8. The maximum Gasteiger partial charge on any atom is 0.496 e. The summed E-state index contributed by atoms with van der Waals surface area (Å²) in [5.74, 6) is 0. The van der Waals surface area contributed by atoms with Gasteiger partial charge in [-0.3, -0.25) is 16.4 Å². The molecule has 1 fully saturated rings. The molecule has 8 heteroatoms. The Balaban J connectivity index is 2.78. The molecule has 0 unspecified atom stereocenters. The molecule has 0 aromatic heterocycles. The molecule has 0 spiro atoms. The van der Waals surface area contributed by atoms with Crippen LogP contribution in [0.25, 0.3) is 0 Å². The van der Waals surface area contributed by atoms with Gasteiger partial charge in [-0.05, 0) is 0 Å². The van der Waals surface area contributed by atoms with E-state index in [1.165, 1.54) is 0 Å². The highest BCUT2D eigenvalue weighted by Gasteiger charge is 2.85. The van der Waals surface area contributed by atoms with E-state index in [2.05, 4.69) is 0 Å². The first-order valence-corrected chi connectivity index (χ1v) is 5.72. The van der Waals surface area contributed by atoms with E-state index in [9.17, 15) is 16.4 Å². The van der Waals surface area contributed by atoms with Gasteiger partial charge in [0.1, 0.15) is 0 Å². The molecule has 2 N–H and O–H groups in total. The first kappa shape index (κ1) is 8.17. The highest BCUT2D eigenvalue weighted by Crippen LogP contribution is 2.51. The Kier molecular flexibility index (Phi) is 1.48. The van der Waals surface area contributed by atoms with E-state index in [1.807, 2.05) is 0 Å². The van der Waals surface area contributed by atoms with Crippen LogP contribution in [0.4, 0.5) is 16.4 Å². The van der Waals surface area contributed by atoms with Gasteiger partial charge in [-0.25, -0.2) is 0 Å². The summed E-state index contributed by atoms with van der Waals surface area (Å²) >= 11 is 0. The van der Waals surface area contributed by atoms with E-state index in [0.717, 1.165) is 0 Å². The third kappa shape index (κ3) is 0.697. The van der Waals surface area contributed by atoms with E-state index in [-0.39, 0.29) is 0 Å². The summed E-state index contributed by atoms with van der Waals surface area (Å²) < 4.78 is 47.8. The van der Waals surface area contributed by atoms with Gasteiger partial charge in [0.05, 0.1) is 0 Å². The molecule has 2 nitrogen and oxygen atoms in total. The minimum Gasteiger partial charge on any atom is -0.383 e. The summed E-state index contributed by atoms with van der Waals surface area (Å²) in [4.78, 5) is 0. The van der Waals surface area contributed by atoms with Gasteiger partial charge in [0.25, 0.3) is 0 Å². The van der Waals surface area contributed by atoms with Crippen LogP contribution in [-0.2, 0) is 0 Å². The molecule has 0 aromatic carbocycles. The summed E-state index contributed by atoms with van der Waals surface area (Å²) in [6.45, 7) is 0. The molecule has 58 valence electrons. The number of hydrogen-bond donors (Lipinski definition) is 2. The molecule has 1 heterocycles. The lowest BCUT2D eigenvalue weighted by Gasteiger charge is -2.37. The van der Waals surface area contributed by atoms with Crippen LogP contribution in [0.2, 0.25) is 0 Å². The first-order chi connectivity index (χ1) is 4.31. The molecule has 2 radical (unpaired) electrons. The molecule has 1 aliphatic heterocycles. The Morgan fingerprint density at radius 1 is 0.800 bits per heavy atom. The summed E-state index contributed by atoms with van der Waals surface area (Å²) in [5, 5.41) is 12.0. The van der Waals surface area contributed by atoms with Gasteiger partial charge in [0.2, 0.25) is 10.7 Å². The molecule has 0 bridgehead atoms. The monoisotopic (exact) mass is 190 g/mol. The Hall–Kier alpha value is 0.0738. The quantitative estimate of drug-likeness (QED) is 0.336. The molecular weight excluding hydrogens is 188 g/mol.